The van der Waals surface area contributed by atoms with E-state index in [1.54, 1.807) is 0 Å². The van der Waals surface area contributed by atoms with Gasteiger partial charge in [0.25, 0.3) is 0 Å². The second kappa shape index (κ2) is 5.44. The molecule has 0 fully saturated rings. The van der Waals surface area contributed by atoms with Gasteiger partial charge in [-0.25, -0.2) is 0 Å². The Morgan fingerprint density at radius 3 is 1.88 bits per heavy atom. The van der Waals surface area contributed by atoms with Crippen LogP contribution in [0.5, 0.6) is 0 Å². The summed E-state index contributed by atoms with van der Waals surface area (Å²) >= 11 is 5.95. The largest absolute Gasteiger partial charge is 0.0877 e. The quantitative estimate of drug-likeness (QED) is 0.770. The predicted molar refractivity (Wildman–Crippen MR) is 85.2 cm³/mol. The van der Waals surface area contributed by atoms with Crippen LogP contribution in [0.1, 0.15) is 0 Å². The Hall–Kier alpha value is -0.480. The van der Waals surface area contributed by atoms with Gasteiger partial charge in [0, 0.05) is 5.73 Å². The minimum atomic E-state index is -1.46. The fourth-order valence-electron chi connectivity index (χ4n) is 1.74. The third-order valence-corrected chi connectivity index (χ3v) is 14.0. The molecule has 0 heterocycles. The van der Waals surface area contributed by atoms with E-state index < -0.39 is 5.73 Å². The second-order valence-corrected chi connectivity index (χ2v) is 15.1. The first-order chi connectivity index (χ1) is 8.12. The highest BCUT2D eigenvalue weighted by Gasteiger charge is 2.22. The van der Waals surface area contributed by atoms with Crippen LogP contribution in [-0.2, 0) is 11.8 Å². The molecule has 0 radical (unpaired) electrons. The van der Waals surface area contributed by atoms with Crippen LogP contribution in [0.25, 0.3) is 0 Å². The molecular weight excluding hydrogens is 262 g/mol. The van der Waals surface area contributed by atoms with E-state index in [0.29, 0.717) is 0 Å². The second-order valence-electron chi connectivity index (χ2n) is 4.07. The Balaban J connectivity index is 2.37. The molecule has 0 aliphatic heterocycles. The summed E-state index contributed by atoms with van der Waals surface area (Å²) < 4.78 is 0. The van der Waals surface area contributed by atoms with Gasteiger partial charge >= 0.3 is 0 Å². The fourth-order valence-corrected chi connectivity index (χ4v) is 8.23. The van der Waals surface area contributed by atoms with E-state index in [2.05, 4.69) is 74.0 Å². The summed E-state index contributed by atoms with van der Waals surface area (Å²) in [5.74, 6) is 0. The highest BCUT2D eigenvalue weighted by molar-refractivity contribution is 8.56. The molecule has 88 valence electrons. The number of benzene rings is 2. The Bertz CT molecular complexity index is 522. The van der Waals surface area contributed by atoms with Crippen molar-refractivity contribution in [2.24, 2.45) is 0 Å². The van der Waals surface area contributed by atoms with Crippen molar-refractivity contribution in [1.29, 1.82) is 0 Å². The summed E-state index contributed by atoms with van der Waals surface area (Å²) in [5, 5.41) is 2.77. The van der Waals surface area contributed by atoms with Gasteiger partial charge in [-0.3, -0.25) is 0 Å². The van der Waals surface area contributed by atoms with Crippen molar-refractivity contribution in [2.45, 2.75) is 0 Å². The van der Waals surface area contributed by atoms with Gasteiger partial charge in [-0.1, -0.05) is 72.5 Å². The smallest absolute Gasteiger partial charge is 0.00563 e. The molecule has 0 saturated heterocycles. The van der Waals surface area contributed by atoms with E-state index in [4.69, 9.17) is 11.8 Å². The van der Waals surface area contributed by atoms with Crippen molar-refractivity contribution < 1.29 is 0 Å². The first-order valence-electron chi connectivity index (χ1n) is 5.55. The topological polar surface area (TPSA) is 0 Å². The number of hydrogen-bond donors (Lipinski definition) is 0. The van der Waals surface area contributed by atoms with Gasteiger partial charge in [0.15, 0.2) is 0 Å². The van der Waals surface area contributed by atoms with Gasteiger partial charge in [0.1, 0.15) is 0 Å². The Morgan fingerprint density at radius 1 is 0.882 bits per heavy atom. The standard InChI is InChI=1S/C14H16P2S/c1-15(13-9-5-3-6-10-13)16(2,17)14-11-7-4-8-12-14/h3-12H,1-2H3. The fraction of sp³-hybridized carbons (Fsp3) is 0.143. The highest BCUT2D eigenvalue weighted by Crippen LogP contribution is 2.69. The van der Waals surface area contributed by atoms with E-state index >= 15 is 0 Å². The van der Waals surface area contributed by atoms with Crippen molar-refractivity contribution in [3.8, 4) is 0 Å². The molecule has 2 atom stereocenters. The number of rotatable bonds is 3. The lowest BCUT2D eigenvalue weighted by Gasteiger charge is -2.25. The molecule has 0 aliphatic rings. The molecule has 0 N–H and O–H groups in total. The van der Waals surface area contributed by atoms with Gasteiger partial charge in [-0.2, -0.15) is 0 Å². The molecule has 2 aromatic carbocycles. The van der Waals surface area contributed by atoms with Crippen LogP contribution in [0.4, 0.5) is 0 Å². The molecule has 0 saturated carbocycles. The predicted octanol–water partition coefficient (Wildman–Crippen LogP) is 3.77. The highest BCUT2D eigenvalue weighted by atomic mass is 32.6. The van der Waals surface area contributed by atoms with E-state index in [9.17, 15) is 0 Å². The zero-order chi connectivity index (χ0) is 12.3. The summed E-state index contributed by atoms with van der Waals surface area (Å²) in [6, 6.07) is 21.3. The SMILES string of the molecule is CP(c1ccccc1)P(C)(=S)c1ccccc1. The normalized spacial score (nSPS) is 16.1. The lowest BCUT2D eigenvalue weighted by Crippen LogP contribution is -2.07. The van der Waals surface area contributed by atoms with Gasteiger partial charge < -0.3 is 0 Å². The van der Waals surface area contributed by atoms with E-state index in [1.807, 2.05) is 0 Å². The van der Waals surface area contributed by atoms with Crippen molar-refractivity contribution in [3.63, 3.8) is 0 Å². The Morgan fingerprint density at radius 2 is 1.35 bits per heavy atom. The van der Waals surface area contributed by atoms with E-state index in [-0.39, 0.29) is 7.61 Å². The van der Waals surface area contributed by atoms with Crippen LogP contribution in [0, 0.1) is 0 Å². The summed E-state index contributed by atoms with van der Waals surface area (Å²) in [7, 11) is -0.269. The monoisotopic (exact) mass is 278 g/mol. The molecule has 0 amide bonds. The Labute approximate surface area is 110 Å². The average Bonchev–Trinajstić information content (AvgIpc) is 2.40. The maximum absolute atomic E-state index is 5.95. The molecule has 17 heavy (non-hydrogen) atoms. The van der Waals surface area contributed by atoms with Gasteiger partial charge in [-0.05, 0) is 31.5 Å². The molecule has 0 bridgehead atoms. The molecule has 3 heteroatoms. The molecule has 2 aromatic rings. The first kappa shape index (κ1) is 13.0. The van der Waals surface area contributed by atoms with Crippen LogP contribution in [0.2, 0.25) is 0 Å². The maximum Gasteiger partial charge on any atom is 0.00563 e. The molecule has 0 aromatic heterocycles. The van der Waals surface area contributed by atoms with Gasteiger partial charge in [0.05, 0.1) is 0 Å². The van der Waals surface area contributed by atoms with Crippen LogP contribution in [-0.4, -0.2) is 13.3 Å². The average molecular weight is 278 g/mol. The summed E-state index contributed by atoms with van der Waals surface area (Å²) in [6.07, 6.45) is 0. The summed E-state index contributed by atoms with van der Waals surface area (Å²) in [5.41, 5.74) is -1.46. The van der Waals surface area contributed by atoms with Crippen LogP contribution < -0.4 is 10.6 Å². The summed E-state index contributed by atoms with van der Waals surface area (Å²) in [6.45, 7) is 4.59. The molecule has 0 aliphatic carbocycles. The lowest BCUT2D eigenvalue weighted by molar-refractivity contribution is 1.77. The first-order valence-corrected chi connectivity index (χ1v) is 11.3. The zero-order valence-corrected chi connectivity index (χ0v) is 12.7. The number of hydrogen-bond acceptors (Lipinski definition) is 1. The third-order valence-electron chi connectivity index (χ3n) is 2.94. The van der Waals surface area contributed by atoms with Crippen molar-refractivity contribution in [3.05, 3.63) is 60.7 Å². The van der Waals surface area contributed by atoms with E-state index in [0.717, 1.165) is 0 Å². The maximum atomic E-state index is 5.95. The molecular formula is C14H16P2S. The molecule has 0 spiro atoms. The van der Waals surface area contributed by atoms with Crippen molar-refractivity contribution in [2.75, 3.05) is 13.3 Å². The van der Waals surface area contributed by atoms with Gasteiger partial charge in [0.2, 0.25) is 0 Å². The molecule has 2 rings (SSSR count). The van der Waals surface area contributed by atoms with Crippen LogP contribution >= 0.6 is 13.3 Å². The van der Waals surface area contributed by atoms with Crippen molar-refractivity contribution in [1.82, 2.24) is 0 Å². The molecule has 0 nitrogen and oxygen atoms in total. The van der Waals surface area contributed by atoms with Crippen molar-refractivity contribution >= 4 is 35.8 Å². The molecule has 2 unspecified atom stereocenters. The van der Waals surface area contributed by atoms with Crippen LogP contribution in [0.15, 0.2) is 60.7 Å². The third kappa shape index (κ3) is 2.86. The zero-order valence-electron chi connectivity index (χ0n) is 10.1. The minimum Gasteiger partial charge on any atom is -0.0877 e. The van der Waals surface area contributed by atoms with Gasteiger partial charge in [-0.15, -0.1) is 0 Å². The summed E-state index contributed by atoms with van der Waals surface area (Å²) in [4.78, 5) is 0. The minimum absolute atomic E-state index is 0.269. The van der Waals surface area contributed by atoms with Crippen LogP contribution in [0.3, 0.4) is 0 Å². The Kier molecular flexibility index (Phi) is 4.15. The lowest BCUT2D eigenvalue weighted by atomic mass is 10.4. The van der Waals surface area contributed by atoms with E-state index in [1.165, 1.54) is 10.6 Å².